The van der Waals surface area contributed by atoms with E-state index in [9.17, 15) is 5.11 Å². The Kier molecular flexibility index (Phi) is 12.3. The minimum Gasteiger partial charge on any atom is -0.393 e. The molecule has 2 atom stereocenters. The van der Waals surface area contributed by atoms with Gasteiger partial charge in [-0.2, -0.15) is 0 Å². The highest BCUT2D eigenvalue weighted by atomic mass is 16.3. The van der Waals surface area contributed by atoms with Crippen molar-refractivity contribution in [2.75, 3.05) is 0 Å². The van der Waals surface area contributed by atoms with Gasteiger partial charge in [-0.05, 0) is 26.2 Å². The SMILES string of the molecule is CCCCCC(O)CCCCCCCC(C)O. The van der Waals surface area contributed by atoms with E-state index >= 15 is 0 Å². The summed E-state index contributed by atoms with van der Waals surface area (Å²) in [6, 6.07) is 0. The lowest BCUT2D eigenvalue weighted by molar-refractivity contribution is 0.147. The van der Waals surface area contributed by atoms with Crippen molar-refractivity contribution in [1.29, 1.82) is 0 Å². The molecule has 0 spiro atoms. The Morgan fingerprint density at radius 2 is 1.18 bits per heavy atom. The first kappa shape index (κ1) is 16.9. The van der Waals surface area contributed by atoms with Gasteiger partial charge in [0.05, 0.1) is 12.2 Å². The number of aliphatic hydroxyl groups excluding tert-OH is 2. The molecule has 0 bridgehead atoms. The van der Waals surface area contributed by atoms with Gasteiger partial charge in [0.25, 0.3) is 0 Å². The smallest absolute Gasteiger partial charge is 0.0540 e. The van der Waals surface area contributed by atoms with Crippen LogP contribution >= 0.6 is 0 Å². The molecule has 2 nitrogen and oxygen atoms in total. The molecule has 2 N–H and O–H groups in total. The first-order chi connectivity index (χ1) is 8.16. The van der Waals surface area contributed by atoms with Crippen molar-refractivity contribution in [1.82, 2.24) is 0 Å². The fraction of sp³-hybridized carbons (Fsp3) is 1.00. The third-order valence-electron chi connectivity index (χ3n) is 3.30. The lowest BCUT2D eigenvalue weighted by atomic mass is 10.0. The highest BCUT2D eigenvalue weighted by Gasteiger charge is 2.03. The van der Waals surface area contributed by atoms with Crippen LogP contribution in [0.4, 0.5) is 0 Å². The van der Waals surface area contributed by atoms with Crippen molar-refractivity contribution in [3.8, 4) is 0 Å². The second-order valence-electron chi connectivity index (χ2n) is 5.34. The zero-order chi connectivity index (χ0) is 12.9. The van der Waals surface area contributed by atoms with Crippen molar-refractivity contribution < 1.29 is 10.2 Å². The minimum absolute atomic E-state index is 0.0704. The Morgan fingerprint density at radius 1 is 0.706 bits per heavy atom. The predicted molar refractivity (Wildman–Crippen MR) is 74.1 cm³/mol. The molecule has 104 valence electrons. The van der Waals surface area contributed by atoms with Crippen LogP contribution in [0.2, 0.25) is 0 Å². The van der Waals surface area contributed by atoms with Crippen LogP contribution in [0.25, 0.3) is 0 Å². The van der Waals surface area contributed by atoms with Crippen molar-refractivity contribution >= 4 is 0 Å². The number of rotatable bonds is 12. The standard InChI is InChI=1S/C15H32O2/c1-3-4-8-12-15(17)13-10-7-5-6-9-11-14(2)16/h14-17H,3-13H2,1-2H3. The van der Waals surface area contributed by atoms with Gasteiger partial charge in [-0.25, -0.2) is 0 Å². The lowest BCUT2D eigenvalue weighted by Gasteiger charge is -2.09. The molecular formula is C15H32O2. The molecule has 0 aromatic rings. The van der Waals surface area contributed by atoms with Crippen LogP contribution in [0.1, 0.15) is 84.5 Å². The fourth-order valence-corrected chi connectivity index (χ4v) is 2.12. The van der Waals surface area contributed by atoms with Crippen LogP contribution in [-0.4, -0.2) is 22.4 Å². The van der Waals surface area contributed by atoms with Gasteiger partial charge in [0.1, 0.15) is 0 Å². The van der Waals surface area contributed by atoms with E-state index in [1.165, 1.54) is 38.5 Å². The molecule has 0 amide bonds. The maximum Gasteiger partial charge on any atom is 0.0540 e. The summed E-state index contributed by atoms with van der Waals surface area (Å²) in [6.45, 7) is 4.05. The molecule has 0 aliphatic carbocycles. The lowest BCUT2D eigenvalue weighted by Crippen LogP contribution is -2.05. The normalized spacial score (nSPS) is 14.8. The van der Waals surface area contributed by atoms with Gasteiger partial charge in [0, 0.05) is 0 Å². The van der Waals surface area contributed by atoms with Crippen LogP contribution in [-0.2, 0) is 0 Å². The van der Waals surface area contributed by atoms with E-state index in [1.807, 2.05) is 6.92 Å². The zero-order valence-corrected chi connectivity index (χ0v) is 11.8. The van der Waals surface area contributed by atoms with Gasteiger partial charge in [-0.15, -0.1) is 0 Å². The van der Waals surface area contributed by atoms with Gasteiger partial charge in [-0.1, -0.05) is 58.3 Å². The first-order valence-electron chi connectivity index (χ1n) is 7.53. The van der Waals surface area contributed by atoms with E-state index in [4.69, 9.17) is 5.11 Å². The van der Waals surface area contributed by atoms with Crippen LogP contribution in [0.15, 0.2) is 0 Å². The monoisotopic (exact) mass is 244 g/mol. The molecular weight excluding hydrogens is 212 g/mol. The van der Waals surface area contributed by atoms with Crippen molar-refractivity contribution in [2.45, 2.75) is 96.7 Å². The molecule has 2 unspecified atom stereocenters. The second kappa shape index (κ2) is 12.4. The topological polar surface area (TPSA) is 40.5 Å². The maximum absolute atomic E-state index is 9.72. The number of unbranched alkanes of at least 4 members (excludes halogenated alkanes) is 6. The van der Waals surface area contributed by atoms with Crippen molar-refractivity contribution in [3.63, 3.8) is 0 Å². The number of hydrogen-bond acceptors (Lipinski definition) is 2. The van der Waals surface area contributed by atoms with E-state index < -0.39 is 0 Å². The van der Waals surface area contributed by atoms with Gasteiger partial charge in [0.15, 0.2) is 0 Å². The molecule has 0 radical (unpaired) electrons. The van der Waals surface area contributed by atoms with E-state index in [0.29, 0.717) is 0 Å². The number of aliphatic hydroxyl groups is 2. The van der Waals surface area contributed by atoms with Crippen molar-refractivity contribution in [2.24, 2.45) is 0 Å². The van der Waals surface area contributed by atoms with Crippen LogP contribution in [0.3, 0.4) is 0 Å². The number of hydrogen-bond donors (Lipinski definition) is 2. The summed E-state index contributed by atoms with van der Waals surface area (Å²) in [4.78, 5) is 0. The Bertz CT molecular complexity index is 146. The quantitative estimate of drug-likeness (QED) is 0.509. The van der Waals surface area contributed by atoms with Crippen molar-refractivity contribution in [3.05, 3.63) is 0 Å². The molecule has 0 aliphatic rings. The minimum atomic E-state index is -0.143. The predicted octanol–water partition coefficient (Wildman–Crippen LogP) is 4.04. The van der Waals surface area contributed by atoms with E-state index in [1.54, 1.807) is 0 Å². The third kappa shape index (κ3) is 13.9. The van der Waals surface area contributed by atoms with E-state index in [-0.39, 0.29) is 12.2 Å². The average molecular weight is 244 g/mol. The molecule has 0 aromatic carbocycles. The third-order valence-corrected chi connectivity index (χ3v) is 3.30. The van der Waals surface area contributed by atoms with Crippen LogP contribution < -0.4 is 0 Å². The molecule has 0 fully saturated rings. The Hall–Kier alpha value is -0.0800. The summed E-state index contributed by atoms with van der Waals surface area (Å²) in [5, 5.41) is 18.8. The summed E-state index contributed by atoms with van der Waals surface area (Å²) in [5.74, 6) is 0. The highest BCUT2D eigenvalue weighted by Crippen LogP contribution is 2.13. The second-order valence-corrected chi connectivity index (χ2v) is 5.34. The Morgan fingerprint density at radius 3 is 1.71 bits per heavy atom. The Balaban J connectivity index is 3.11. The largest absolute Gasteiger partial charge is 0.393 e. The summed E-state index contributed by atoms with van der Waals surface area (Å²) in [5.41, 5.74) is 0. The maximum atomic E-state index is 9.72. The highest BCUT2D eigenvalue weighted by molar-refractivity contribution is 4.57. The molecule has 0 aromatic heterocycles. The van der Waals surface area contributed by atoms with Gasteiger partial charge in [-0.3, -0.25) is 0 Å². The molecule has 0 heterocycles. The summed E-state index contributed by atoms with van der Waals surface area (Å²) >= 11 is 0. The first-order valence-corrected chi connectivity index (χ1v) is 7.53. The molecule has 0 aliphatic heterocycles. The van der Waals surface area contributed by atoms with Gasteiger partial charge in [0.2, 0.25) is 0 Å². The average Bonchev–Trinajstić information content (AvgIpc) is 2.28. The molecule has 0 rings (SSSR count). The molecule has 0 saturated heterocycles. The molecule has 17 heavy (non-hydrogen) atoms. The van der Waals surface area contributed by atoms with E-state index in [0.717, 1.165) is 32.1 Å². The van der Waals surface area contributed by atoms with Gasteiger partial charge < -0.3 is 10.2 Å². The van der Waals surface area contributed by atoms with Crippen LogP contribution in [0.5, 0.6) is 0 Å². The molecule has 0 saturated carbocycles. The summed E-state index contributed by atoms with van der Waals surface area (Å²) in [6.07, 6.45) is 12.3. The van der Waals surface area contributed by atoms with E-state index in [2.05, 4.69) is 6.92 Å². The summed E-state index contributed by atoms with van der Waals surface area (Å²) < 4.78 is 0. The van der Waals surface area contributed by atoms with Crippen LogP contribution in [0, 0.1) is 0 Å². The summed E-state index contributed by atoms with van der Waals surface area (Å²) in [7, 11) is 0. The molecule has 2 heteroatoms. The fourth-order valence-electron chi connectivity index (χ4n) is 2.12. The van der Waals surface area contributed by atoms with Gasteiger partial charge >= 0.3 is 0 Å². The Labute approximate surface area is 107 Å². The zero-order valence-electron chi connectivity index (χ0n) is 11.8.